The van der Waals surface area contributed by atoms with Crippen LogP contribution in [0.2, 0.25) is 0 Å². The van der Waals surface area contributed by atoms with Gasteiger partial charge in [0.1, 0.15) is 4.47 Å². The van der Waals surface area contributed by atoms with Gasteiger partial charge in [-0.2, -0.15) is 5.10 Å². The maximum Gasteiger partial charge on any atom is 0.283 e. The van der Waals surface area contributed by atoms with Gasteiger partial charge < -0.3 is 21.3 Å². The van der Waals surface area contributed by atoms with Gasteiger partial charge in [0.25, 0.3) is 5.56 Å². The summed E-state index contributed by atoms with van der Waals surface area (Å²) in [7, 11) is 0. The van der Waals surface area contributed by atoms with E-state index in [2.05, 4.69) is 26.3 Å². The van der Waals surface area contributed by atoms with Gasteiger partial charge in [-0.05, 0) is 22.9 Å². The van der Waals surface area contributed by atoms with Crippen LogP contribution in [-0.4, -0.2) is 45.3 Å². The number of nitrogens with one attached hydrogen (secondary N) is 1. The van der Waals surface area contributed by atoms with Gasteiger partial charge in [-0.3, -0.25) is 4.79 Å². The van der Waals surface area contributed by atoms with E-state index in [9.17, 15) is 9.90 Å². The largest absolute Gasteiger partial charge is 0.394 e. The standard InChI is InChI=1S/C10H17BrN4O3/c1-6(17)7(12)4-13-8-5-14-15(2-3-16)10(18)9(8)11/h5-7,13,16-17H,2-4,12H2,1H3. The van der Waals surface area contributed by atoms with Crippen molar-refractivity contribution in [3.8, 4) is 0 Å². The van der Waals surface area contributed by atoms with Crippen molar-refractivity contribution in [1.82, 2.24) is 9.78 Å². The Morgan fingerprint density at radius 1 is 1.67 bits per heavy atom. The van der Waals surface area contributed by atoms with Gasteiger partial charge in [0, 0.05) is 12.6 Å². The minimum absolute atomic E-state index is 0.144. The Hall–Kier alpha value is -0.960. The highest BCUT2D eigenvalue weighted by molar-refractivity contribution is 9.10. The summed E-state index contributed by atoms with van der Waals surface area (Å²) in [5, 5.41) is 24.9. The zero-order valence-corrected chi connectivity index (χ0v) is 11.6. The molecule has 1 aromatic rings. The molecule has 0 saturated carbocycles. The lowest BCUT2D eigenvalue weighted by Crippen LogP contribution is -2.39. The van der Waals surface area contributed by atoms with E-state index in [0.29, 0.717) is 16.7 Å². The second kappa shape index (κ2) is 6.83. The molecule has 1 rings (SSSR count). The summed E-state index contributed by atoms with van der Waals surface area (Å²) in [4.78, 5) is 11.8. The van der Waals surface area contributed by atoms with Crippen LogP contribution in [0.1, 0.15) is 6.92 Å². The number of rotatable bonds is 6. The lowest BCUT2D eigenvalue weighted by atomic mass is 10.2. The molecule has 18 heavy (non-hydrogen) atoms. The van der Waals surface area contributed by atoms with Crippen LogP contribution in [0.3, 0.4) is 0 Å². The molecule has 102 valence electrons. The van der Waals surface area contributed by atoms with Gasteiger partial charge in [-0.15, -0.1) is 0 Å². The molecule has 1 aromatic heterocycles. The number of nitrogens with zero attached hydrogens (tertiary/aromatic N) is 2. The molecule has 2 atom stereocenters. The zero-order valence-electron chi connectivity index (χ0n) is 10.0. The van der Waals surface area contributed by atoms with E-state index in [-0.39, 0.29) is 18.7 Å². The molecule has 1 heterocycles. The number of halogens is 1. The molecule has 0 amide bonds. The van der Waals surface area contributed by atoms with Crippen molar-refractivity contribution in [3.05, 3.63) is 21.0 Å². The maximum atomic E-state index is 11.8. The van der Waals surface area contributed by atoms with E-state index in [1.165, 1.54) is 6.20 Å². The minimum atomic E-state index is -0.640. The van der Waals surface area contributed by atoms with E-state index in [1.54, 1.807) is 6.92 Å². The Balaban J connectivity index is 2.79. The van der Waals surface area contributed by atoms with Gasteiger partial charge in [0.05, 0.1) is 31.1 Å². The fourth-order valence-electron chi connectivity index (χ4n) is 1.24. The molecule has 0 spiro atoms. The van der Waals surface area contributed by atoms with Crippen LogP contribution in [0.25, 0.3) is 0 Å². The highest BCUT2D eigenvalue weighted by atomic mass is 79.9. The molecule has 0 bridgehead atoms. The van der Waals surface area contributed by atoms with Crippen LogP contribution in [0, 0.1) is 0 Å². The Bertz CT molecular complexity index is 449. The zero-order chi connectivity index (χ0) is 13.7. The van der Waals surface area contributed by atoms with E-state index in [0.717, 1.165) is 4.68 Å². The van der Waals surface area contributed by atoms with Crippen LogP contribution in [-0.2, 0) is 6.54 Å². The molecule has 0 saturated heterocycles. The quantitative estimate of drug-likeness (QED) is 0.541. The van der Waals surface area contributed by atoms with Crippen LogP contribution in [0.4, 0.5) is 5.69 Å². The lowest BCUT2D eigenvalue weighted by Gasteiger charge is -2.16. The third-order valence-corrected chi connectivity index (χ3v) is 3.21. The summed E-state index contributed by atoms with van der Waals surface area (Å²) < 4.78 is 1.48. The third kappa shape index (κ3) is 3.77. The predicted octanol–water partition coefficient (Wildman–Crippen LogP) is -0.882. The van der Waals surface area contributed by atoms with Crippen LogP contribution < -0.4 is 16.6 Å². The van der Waals surface area contributed by atoms with Crippen molar-refractivity contribution in [1.29, 1.82) is 0 Å². The van der Waals surface area contributed by atoms with Crippen molar-refractivity contribution in [2.45, 2.75) is 25.6 Å². The molecule has 0 fully saturated rings. The van der Waals surface area contributed by atoms with Crippen molar-refractivity contribution < 1.29 is 10.2 Å². The average Bonchev–Trinajstić information content (AvgIpc) is 2.33. The van der Waals surface area contributed by atoms with E-state index in [4.69, 9.17) is 10.8 Å². The molecular formula is C10H17BrN4O3. The summed E-state index contributed by atoms with van der Waals surface area (Å²) in [5.41, 5.74) is 5.84. The fraction of sp³-hybridized carbons (Fsp3) is 0.600. The molecular weight excluding hydrogens is 304 g/mol. The molecule has 0 aliphatic rings. The Morgan fingerprint density at radius 2 is 2.33 bits per heavy atom. The normalized spacial score (nSPS) is 14.3. The third-order valence-electron chi connectivity index (χ3n) is 2.44. The van der Waals surface area contributed by atoms with Crippen LogP contribution >= 0.6 is 15.9 Å². The number of aromatic nitrogens is 2. The van der Waals surface area contributed by atoms with Gasteiger partial charge in [-0.25, -0.2) is 4.68 Å². The Morgan fingerprint density at radius 3 is 2.89 bits per heavy atom. The van der Waals surface area contributed by atoms with Gasteiger partial charge >= 0.3 is 0 Å². The van der Waals surface area contributed by atoms with E-state index >= 15 is 0 Å². The van der Waals surface area contributed by atoms with Crippen molar-refractivity contribution in [2.75, 3.05) is 18.5 Å². The second-order valence-electron chi connectivity index (χ2n) is 3.91. The molecule has 0 aliphatic carbocycles. The van der Waals surface area contributed by atoms with E-state index in [1.807, 2.05) is 0 Å². The molecule has 5 N–H and O–H groups in total. The molecule has 0 aromatic carbocycles. The number of hydrogen-bond acceptors (Lipinski definition) is 6. The number of aliphatic hydroxyl groups is 2. The summed E-state index contributed by atoms with van der Waals surface area (Å²) in [5.74, 6) is 0. The average molecular weight is 321 g/mol. The monoisotopic (exact) mass is 320 g/mol. The first-order valence-corrected chi connectivity index (χ1v) is 6.30. The number of nitrogens with two attached hydrogens (primary N) is 1. The summed E-state index contributed by atoms with van der Waals surface area (Å²) in [6.45, 7) is 1.91. The first-order valence-electron chi connectivity index (χ1n) is 5.51. The molecule has 0 radical (unpaired) electrons. The molecule has 2 unspecified atom stereocenters. The van der Waals surface area contributed by atoms with Gasteiger partial charge in [0.2, 0.25) is 0 Å². The lowest BCUT2D eigenvalue weighted by molar-refractivity contribution is 0.168. The summed E-state index contributed by atoms with van der Waals surface area (Å²) >= 11 is 3.17. The topological polar surface area (TPSA) is 113 Å². The minimum Gasteiger partial charge on any atom is -0.394 e. The predicted molar refractivity (Wildman–Crippen MR) is 71.4 cm³/mol. The van der Waals surface area contributed by atoms with Crippen molar-refractivity contribution in [2.24, 2.45) is 5.73 Å². The number of hydrogen-bond donors (Lipinski definition) is 4. The van der Waals surface area contributed by atoms with Crippen molar-refractivity contribution >= 4 is 21.6 Å². The highest BCUT2D eigenvalue weighted by Crippen LogP contribution is 2.15. The van der Waals surface area contributed by atoms with Gasteiger partial charge in [-0.1, -0.05) is 0 Å². The Labute approximate surface area is 113 Å². The first kappa shape index (κ1) is 15.1. The molecule has 8 heteroatoms. The highest BCUT2D eigenvalue weighted by Gasteiger charge is 2.12. The second-order valence-corrected chi connectivity index (χ2v) is 4.70. The fourth-order valence-corrected chi connectivity index (χ4v) is 1.69. The smallest absolute Gasteiger partial charge is 0.283 e. The van der Waals surface area contributed by atoms with E-state index < -0.39 is 12.1 Å². The van der Waals surface area contributed by atoms with Gasteiger partial charge in [0.15, 0.2) is 0 Å². The summed E-state index contributed by atoms with van der Waals surface area (Å²) in [6.07, 6.45) is 0.828. The maximum absolute atomic E-state index is 11.8. The number of anilines is 1. The van der Waals surface area contributed by atoms with Crippen LogP contribution in [0.15, 0.2) is 15.5 Å². The van der Waals surface area contributed by atoms with Crippen molar-refractivity contribution in [3.63, 3.8) is 0 Å². The first-order chi connectivity index (χ1) is 8.47. The molecule has 0 aliphatic heterocycles. The summed E-state index contributed by atoms with van der Waals surface area (Å²) in [6, 6.07) is -0.434. The van der Waals surface area contributed by atoms with Crippen LogP contribution in [0.5, 0.6) is 0 Å². The number of aliphatic hydroxyl groups excluding tert-OH is 2. The Kier molecular flexibility index (Phi) is 5.73. The SMILES string of the molecule is CC(O)C(N)CNc1cnn(CCO)c(=O)c1Br. The molecule has 7 nitrogen and oxygen atoms in total.